The van der Waals surface area contributed by atoms with Gasteiger partial charge in [-0.15, -0.1) is 0 Å². The SMILES string of the molecule is Cc1ccc(/C=C2/C(=O)NN(c3ccc(C)c(C)c3)C2=O)cc1. The number of nitrogens with one attached hydrogen (secondary N) is 1. The fourth-order valence-corrected chi connectivity index (χ4v) is 2.43. The molecule has 0 saturated carbocycles. The first-order chi connectivity index (χ1) is 11.0. The molecular weight excluding hydrogens is 288 g/mol. The molecule has 0 aliphatic carbocycles. The average Bonchev–Trinajstić information content (AvgIpc) is 2.80. The number of hydrazine groups is 1. The van der Waals surface area contributed by atoms with Gasteiger partial charge in [0.05, 0.1) is 5.69 Å². The van der Waals surface area contributed by atoms with E-state index in [9.17, 15) is 9.59 Å². The van der Waals surface area contributed by atoms with E-state index in [0.29, 0.717) is 5.69 Å². The van der Waals surface area contributed by atoms with E-state index >= 15 is 0 Å². The molecule has 116 valence electrons. The molecule has 0 unspecified atom stereocenters. The predicted octanol–water partition coefficient (Wildman–Crippen LogP) is 3.07. The molecule has 1 saturated heterocycles. The summed E-state index contributed by atoms with van der Waals surface area (Å²) in [6, 6.07) is 13.3. The van der Waals surface area contributed by atoms with Gasteiger partial charge in [0.25, 0.3) is 11.8 Å². The third kappa shape index (κ3) is 2.88. The Kier molecular flexibility index (Phi) is 3.74. The fourth-order valence-electron chi connectivity index (χ4n) is 2.43. The minimum Gasteiger partial charge on any atom is -0.267 e. The van der Waals surface area contributed by atoms with Crippen LogP contribution in [-0.2, 0) is 9.59 Å². The van der Waals surface area contributed by atoms with Crippen LogP contribution < -0.4 is 10.4 Å². The smallest absolute Gasteiger partial charge is 0.267 e. The topological polar surface area (TPSA) is 49.4 Å². The quantitative estimate of drug-likeness (QED) is 0.685. The molecular formula is C19H18N2O2. The summed E-state index contributed by atoms with van der Waals surface area (Å²) >= 11 is 0. The maximum atomic E-state index is 12.6. The van der Waals surface area contributed by atoms with Crippen molar-refractivity contribution in [2.75, 3.05) is 5.01 Å². The van der Waals surface area contributed by atoms with Crippen LogP contribution in [-0.4, -0.2) is 11.8 Å². The highest BCUT2D eigenvalue weighted by molar-refractivity contribution is 6.31. The zero-order valence-corrected chi connectivity index (χ0v) is 13.4. The van der Waals surface area contributed by atoms with Crippen molar-refractivity contribution < 1.29 is 9.59 Å². The molecule has 3 rings (SSSR count). The van der Waals surface area contributed by atoms with Crippen molar-refractivity contribution in [2.45, 2.75) is 20.8 Å². The van der Waals surface area contributed by atoms with E-state index in [-0.39, 0.29) is 17.4 Å². The first kappa shape index (κ1) is 15.0. The summed E-state index contributed by atoms with van der Waals surface area (Å²) in [5.41, 5.74) is 7.61. The van der Waals surface area contributed by atoms with Gasteiger partial charge in [-0.1, -0.05) is 35.9 Å². The number of carbonyl (C=O) groups is 2. The molecule has 0 atom stereocenters. The summed E-state index contributed by atoms with van der Waals surface area (Å²) in [6.07, 6.45) is 1.62. The number of carbonyl (C=O) groups excluding carboxylic acids is 2. The summed E-state index contributed by atoms with van der Waals surface area (Å²) in [6.45, 7) is 5.97. The number of benzene rings is 2. The summed E-state index contributed by atoms with van der Waals surface area (Å²) in [5, 5.41) is 1.30. The van der Waals surface area contributed by atoms with Crippen LogP contribution in [0.3, 0.4) is 0 Å². The standard InChI is InChI=1S/C19H18N2O2/c1-12-4-7-15(8-5-12)11-17-18(22)20-21(19(17)23)16-9-6-13(2)14(3)10-16/h4-11H,1-3H3,(H,20,22)/b17-11-. The van der Waals surface area contributed by atoms with Gasteiger partial charge >= 0.3 is 0 Å². The van der Waals surface area contributed by atoms with E-state index in [1.165, 1.54) is 5.01 Å². The number of hydrogen-bond donors (Lipinski definition) is 1. The predicted molar refractivity (Wildman–Crippen MR) is 90.7 cm³/mol. The van der Waals surface area contributed by atoms with Crippen molar-refractivity contribution in [1.29, 1.82) is 0 Å². The lowest BCUT2D eigenvalue weighted by molar-refractivity contribution is -0.117. The van der Waals surface area contributed by atoms with Gasteiger partial charge in [0.2, 0.25) is 0 Å². The molecule has 0 radical (unpaired) electrons. The van der Waals surface area contributed by atoms with Gasteiger partial charge in [0, 0.05) is 0 Å². The van der Waals surface area contributed by atoms with Crippen molar-refractivity contribution in [3.63, 3.8) is 0 Å². The summed E-state index contributed by atoms with van der Waals surface area (Å²) in [4.78, 5) is 24.7. The molecule has 4 heteroatoms. The second kappa shape index (κ2) is 5.72. The molecule has 4 nitrogen and oxygen atoms in total. The van der Waals surface area contributed by atoms with Crippen molar-refractivity contribution >= 4 is 23.6 Å². The van der Waals surface area contributed by atoms with E-state index < -0.39 is 0 Å². The van der Waals surface area contributed by atoms with E-state index in [1.807, 2.05) is 63.2 Å². The van der Waals surface area contributed by atoms with Crippen molar-refractivity contribution in [2.24, 2.45) is 0 Å². The van der Waals surface area contributed by atoms with Crippen LogP contribution in [0.15, 0.2) is 48.0 Å². The molecule has 1 aliphatic heterocycles. The van der Waals surface area contributed by atoms with Gasteiger partial charge in [-0.2, -0.15) is 0 Å². The number of aryl methyl sites for hydroxylation is 3. The van der Waals surface area contributed by atoms with Gasteiger partial charge < -0.3 is 0 Å². The summed E-state index contributed by atoms with van der Waals surface area (Å²) in [7, 11) is 0. The molecule has 0 aromatic heterocycles. The van der Waals surface area contributed by atoms with Crippen molar-refractivity contribution in [3.8, 4) is 0 Å². The van der Waals surface area contributed by atoms with Crippen molar-refractivity contribution in [1.82, 2.24) is 5.43 Å². The minimum atomic E-state index is -0.381. The first-order valence-electron chi connectivity index (χ1n) is 7.47. The molecule has 2 aromatic rings. The van der Waals surface area contributed by atoms with Crippen molar-refractivity contribution in [3.05, 3.63) is 70.3 Å². The third-order valence-corrected chi connectivity index (χ3v) is 4.03. The second-order valence-electron chi connectivity index (χ2n) is 5.82. The lowest BCUT2D eigenvalue weighted by Gasteiger charge is -2.15. The molecule has 23 heavy (non-hydrogen) atoms. The number of hydrogen-bond acceptors (Lipinski definition) is 2. The molecule has 2 amide bonds. The molecule has 0 spiro atoms. The molecule has 1 N–H and O–H groups in total. The van der Waals surface area contributed by atoms with Gasteiger partial charge in [0.15, 0.2) is 0 Å². The number of nitrogens with zero attached hydrogens (tertiary/aromatic N) is 1. The van der Waals surface area contributed by atoms with Crippen LogP contribution in [0.2, 0.25) is 0 Å². The van der Waals surface area contributed by atoms with Crippen LogP contribution in [0.5, 0.6) is 0 Å². The number of rotatable bonds is 2. The molecule has 1 fully saturated rings. The van der Waals surface area contributed by atoms with E-state index in [4.69, 9.17) is 0 Å². The largest absolute Gasteiger partial charge is 0.282 e. The monoisotopic (exact) mass is 306 g/mol. The van der Waals surface area contributed by atoms with Gasteiger partial charge in [-0.3, -0.25) is 15.0 Å². The van der Waals surface area contributed by atoms with Crippen LogP contribution >= 0.6 is 0 Å². The normalized spacial score (nSPS) is 16.1. The Hall–Kier alpha value is -2.88. The van der Waals surface area contributed by atoms with Crippen LogP contribution in [0.1, 0.15) is 22.3 Å². The first-order valence-corrected chi connectivity index (χ1v) is 7.47. The maximum absolute atomic E-state index is 12.6. The Morgan fingerprint density at radius 2 is 1.61 bits per heavy atom. The van der Waals surface area contributed by atoms with Gasteiger partial charge in [-0.05, 0) is 55.7 Å². The average molecular weight is 306 g/mol. The molecule has 1 heterocycles. The Bertz CT molecular complexity index is 820. The highest BCUT2D eigenvalue weighted by atomic mass is 16.2. The molecule has 1 aliphatic rings. The van der Waals surface area contributed by atoms with Gasteiger partial charge in [0.1, 0.15) is 5.57 Å². The summed E-state index contributed by atoms with van der Waals surface area (Å²) < 4.78 is 0. The summed E-state index contributed by atoms with van der Waals surface area (Å²) in [5.74, 6) is -0.715. The molecule has 0 bridgehead atoms. The Balaban J connectivity index is 1.93. The third-order valence-electron chi connectivity index (χ3n) is 4.03. The molecule has 2 aromatic carbocycles. The second-order valence-corrected chi connectivity index (χ2v) is 5.82. The number of anilines is 1. The zero-order chi connectivity index (χ0) is 16.6. The fraction of sp³-hybridized carbons (Fsp3) is 0.158. The van der Waals surface area contributed by atoms with Crippen LogP contribution in [0.25, 0.3) is 6.08 Å². The lowest BCUT2D eigenvalue weighted by atomic mass is 10.1. The zero-order valence-electron chi connectivity index (χ0n) is 13.4. The number of amides is 2. The highest BCUT2D eigenvalue weighted by Crippen LogP contribution is 2.23. The Morgan fingerprint density at radius 3 is 2.26 bits per heavy atom. The van der Waals surface area contributed by atoms with Gasteiger partial charge in [-0.25, -0.2) is 5.01 Å². The lowest BCUT2D eigenvalue weighted by Crippen LogP contribution is -2.35. The maximum Gasteiger partial charge on any atom is 0.282 e. The van der Waals surface area contributed by atoms with E-state index in [2.05, 4.69) is 5.43 Å². The Morgan fingerprint density at radius 1 is 0.913 bits per heavy atom. The van der Waals surface area contributed by atoms with E-state index in [0.717, 1.165) is 22.3 Å². The Labute approximate surface area is 135 Å². The van der Waals surface area contributed by atoms with Crippen LogP contribution in [0.4, 0.5) is 5.69 Å². The van der Waals surface area contributed by atoms with Crippen LogP contribution in [0, 0.1) is 20.8 Å². The van der Waals surface area contributed by atoms with E-state index in [1.54, 1.807) is 6.08 Å². The minimum absolute atomic E-state index is 0.145. The highest BCUT2D eigenvalue weighted by Gasteiger charge is 2.34.